The molecule has 1 aliphatic heterocycles. The minimum atomic E-state index is 0.520. The van der Waals surface area contributed by atoms with Gasteiger partial charge < -0.3 is 24.8 Å². The van der Waals surface area contributed by atoms with Gasteiger partial charge in [0, 0.05) is 32.8 Å². The molecule has 2 rings (SSSR count). The van der Waals surface area contributed by atoms with Crippen LogP contribution in [0.25, 0.3) is 0 Å². The molecule has 1 aromatic carbocycles. The molecule has 1 heterocycles. The van der Waals surface area contributed by atoms with Gasteiger partial charge in [0.25, 0.3) is 0 Å². The van der Waals surface area contributed by atoms with E-state index in [1.54, 1.807) is 14.2 Å². The van der Waals surface area contributed by atoms with Crippen LogP contribution in [0.3, 0.4) is 0 Å². The number of nitrogens with one attached hydrogen (secondary N) is 2. The first-order valence-electron chi connectivity index (χ1n) is 11.3. The van der Waals surface area contributed by atoms with Crippen molar-refractivity contribution >= 4 is 5.96 Å². The Bertz CT molecular complexity index is 639. The van der Waals surface area contributed by atoms with Crippen molar-refractivity contribution in [2.75, 3.05) is 60.2 Å². The van der Waals surface area contributed by atoms with Crippen molar-refractivity contribution in [1.82, 2.24) is 15.5 Å². The second-order valence-corrected chi connectivity index (χ2v) is 7.49. The van der Waals surface area contributed by atoms with Crippen molar-refractivity contribution in [3.05, 3.63) is 23.8 Å². The molecule has 0 aliphatic carbocycles. The van der Waals surface area contributed by atoms with Crippen LogP contribution in [0, 0.1) is 0 Å². The zero-order valence-corrected chi connectivity index (χ0v) is 19.2. The van der Waals surface area contributed by atoms with Crippen LogP contribution in [-0.2, 0) is 11.2 Å². The van der Waals surface area contributed by atoms with Crippen LogP contribution in [0.4, 0.5) is 0 Å². The summed E-state index contributed by atoms with van der Waals surface area (Å²) < 4.78 is 16.3. The molecular formula is C23H40N4O3. The van der Waals surface area contributed by atoms with Crippen LogP contribution in [0.1, 0.15) is 38.7 Å². The predicted octanol–water partition coefficient (Wildman–Crippen LogP) is 2.69. The van der Waals surface area contributed by atoms with E-state index in [-0.39, 0.29) is 0 Å². The van der Waals surface area contributed by atoms with Gasteiger partial charge in [-0.25, -0.2) is 0 Å². The SMILES string of the molecule is CCNC(=NCC1CCCN1CCOC)NCCCc1ccc(OC)c(OCC)c1. The molecule has 2 N–H and O–H groups in total. The molecule has 7 nitrogen and oxygen atoms in total. The minimum absolute atomic E-state index is 0.520. The van der Waals surface area contributed by atoms with E-state index < -0.39 is 0 Å². The number of aryl methyl sites for hydroxylation is 1. The molecule has 0 amide bonds. The summed E-state index contributed by atoms with van der Waals surface area (Å²) in [6.07, 6.45) is 4.46. The lowest BCUT2D eigenvalue weighted by Gasteiger charge is -2.23. The van der Waals surface area contributed by atoms with Crippen molar-refractivity contribution in [1.29, 1.82) is 0 Å². The Labute approximate surface area is 182 Å². The predicted molar refractivity (Wildman–Crippen MR) is 123 cm³/mol. The Hall–Kier alpha value is -1.99. The third kappa shape index (κ3) is 8.03. The molecule has 0 bridgehead atoms. The summed E-state index contributed by atoms with van der Waals surface area (Å²) in [4.78, 5) is 7.33. The third-order valence-electron chi connectivity index (χ3n) is 5.35. The maximum atomic E-state index is 5.68. The highest BCUT2D eigenvalue weighted by molar-refractivity contribution is 5.79. The van der Waals surface area contributed by atoms with E-state index in [2.05, 4.69) is 34.6 Å². The maximum Gasteiger partial charge on any atom is 0.191 e. The molecule has 0 aromatic heterocycles. The molecule has 1 aromatic rings. The van der Waals surface area contributed by atoms with Crippen LogP contribution in [0.5, 0.6) is 11.5 Å². The number of guanidine groups is 1. The monoisotopic (exact) mass is 420 g/mol. The van der Waals surface area contributed by atoms with Crippen LogP contribution in [-0.4, -0.2) is 77.1 Å². The second-order valence-electron chi connectivity index (χ2n) is 7.49. The van der Waals surface area contributed by atoms with Gasteiger partial charge in [-0.15, -0.1) is 0 Å². The van der Waals surface area contributed by atoms with Crippen molar-refractivity contribution in [3.63, 3.8) is 0 Å². The number of aliphatic imine (C=N–C) groups is 1. The normalized spacial score (nSPS) is 17.2. The molecule has 0 saturated carbocycles. The van der Waals surface area contributed by atoms with Gasteiger partial charge in [0.05, 0.1) is 26.9 Å². The highest BCUT2D eigenvalue weighted by atomic mass is 16.5. The Morgan fingerprint density at radius 1 is 1.20 bits per heavy atom. The number of rotatable bonds is 13. The zero-order chi connectivity index (χ0) is 21.6. The summed E-state index contributed by atoms with van der Waals surface area (Å²) in [7, 11) is 3.44. The second kappa shape index (κ2) is 14.1. The van der Waals surface area contributed by atoms with E-state index in [1.807, 2.05) is 13.0 Å². The molecule has 1 saturated heterocycles. The molecular weight excluding hydrogens is 380 g/mol. The van der Waals surface area contributed by atoms with Gasteiger partial charge in [0.2, 0.25) is 0 Å². The highest BCUT2D eigenvalue weighted by Gasteiger charge is 2.23. The lowest BCUT2D eigenvalue weighted by atomic mass is 10.1. The quantitative estimate of drug-likeness (QED) is 0.291. The molecule has 170 valence electrons. The van der Waals surface area contributed by atoms with Gasteiger partial charge in [-0.05, 0) is 63.8 Å². The van der Waals surface area contributed by atoms with Gasteiger partial charge in [0.1, 0.15) is 0 Å². The Morgan fingerprint density at radius 3 is 2.80 bits per heavy atom. The molecule has 0 radical (unpaired) electrons. The summed E-state index contributed by atoms with van der Waals surface area (Å²) >= 11 is 0. The number of nitrogens with zero attached hydrogens (tertiary/aromatic N) is 2. The van der Waals surface area contributed by atoms with Crippen LogP contribution in [0.15, 0.2) is 23.2 Å². The van der Waals surface area contributed by atoms with Crippen LogP contribution < -0.4 is 20.1 Å². The van der Waals surface area contributed by atoms with E-state index >= 15 is 0 Å². The van der Waals surface area contributed by atoms with E-state index in [4.69, 9.17) is 19.2 Å². The lowest BCUT2D eigenvalue weighted by Crippen LogP contribution is -2.40. The van der Waals surface area contributed by atoms with Gasteiger partial charge in [-0.2, -0.15) is 0 Å². The fourth-order valence-electron chi connectivity index (χ4n) is 3.79. The summed E-state index contributed by atoms with van der Waals surface area (Å²) in [6, 6.07) is 6.69. The van der Waals surface area contributed by atoms with Crippen molar-refractivity contribution in [2.24, 2.45) is 4.99 Å². The molecule has 1 unspecified atom stereocenters. The van der Waals surface area contributed by atoms with Gasteiger partial charge in [-0.1, -0.05) is 6.07 Å². The molecule has 1 fully saturated rings. The third-order valence-corrected chi connectivity index (χ3v) is 5.35. The topological polar surface area (TPSA) is 67.4 Å². The Morgan fingerprint density at radius 2 is 2.07 bits per heavy atom. The fraction of sp³-hybridized carbons (Fsp3) is 0.696. The zero-order valence-electron chi connectivity index (χ0n) is 19.2. The number of benzene rings is 1. The first kappa shape index (κ1) is 24.3. The lowest BCUT2D eigenvalue weighted by molar-refractivity contribution is 0.142. The van der Waals surface area contributed by atoms with Crippen molar-refractivity contribution < 1.29 is 14.2 Å². The summed E-state index contributed by atoms with van der Waals surface area (Å²) in [5.74, 6) is 2.50. The smallest absolute Gasteiger partial charge is 0.191 e. The molecule has 7 heteroatoms. The number of hydrogen-bond donors (Lipinski definition) is 2. The number of likely N-dealkylation sites (tertiary alicyclic amines) is 1. The van der Waals surface area contributed by atoms with Gasteiger partial charge in [-0.3, -0.25) is 9.89 Å². The Balaban J connectivity index is 1.80. The first-order valence-corrected chi connectivity index (χ1v) is 11.3. The van der Waals surface area contributed by atoms with Crippen LogP contribution in [0.2, 0.25) is 0 Å². The first-order chi connectivity index (χ1) is 14.7. The number of hydrogen-bond acceptors (Lipinski definition) is 5. The summed E-state index contributed by atoms with van der Waals surface area (Å²) in [5, 5.41) is 6.84. The summed E-state index contributed by atoms with van der Waals surface area (Å²) in [6.45, 7) is 10.2. The molecule has 30 heavy (non-hydrogen) atoms. The largest absolute Gasteiger partial charge is 0.493 e. The minimum Gasteiger partial charge on any atom is -0.493 e. The van der Waals surface area contributed by atoms with Gasteiger partial charge >= 0.3 is 0 Å². The van der Waals surface area contributed by atoms with E-state index in [1.165, 1.54) is 18.4 Å². The summed E-state index contributed by atoms with van der Waals surface area (Å²) in [5.41, 5.74) is 1.25. The Kier molecular flexibility index (Phi) is 11.4. The number of methoxy groups -OCH3 is 2. The van der Waals surface area contributed by atoms with Gasteiger partial charge in [0.15, 0.2) is 17.5 Å². The van der Waals surface area contributed by atoms with E-state index in [0.717, 1.165) is 69.6 Å². The average Bonchev–Trinajstić information content (AvgIpc) is 3.21. The number of ether oxygens (including phenoxy) is 3. The fourth-order valence-corrected chi connectivity index (χ4v) is 3.79. The van der Waals surface area contributed by atoms with Crippen LogP contribution >= 0.6 is 0 Å². The van der Waals surface area contributed by atoms with Crippen molar-refractivity contribution in [2.45, 2.75) is 45.6 Å². The average molecular weight is 421 g/mol. The molecule has 0 spiro atoms. The maximum absolute atomic E-state index is 5.68. The van der Waals surface area contributed by atoms with Crippen molar-refractivity contribution in [3.8, 4) is 11.5 Å². The molecule has 1 atom stereocenters. The molecule has 1 aliphatic rings. The van der Waals surface area contributed by atoms with E-state index in [0.29, 0.717) is 12.6 Å². The van der Waals surface area contributed by atoms with E-state index in [9.17, 15) is 0 Å². The standard InChI is InChI=1S/C23H40N4O3/c1-5-24-23(26-18-20-10-8-14-27(20)15-16-28-3)25-13-7-9-19-11-12-21(29-4)22(17-19)30-6-2/h11-12,17,20H,5-10,13-16,18H2,1-4H3,(H2,24,25,26). The highest BCUT2D eigenvalue weighted by Crippen LogP contribution is 2.28.